The van der Waals surface area contributed by atoms with Gasteiger partial charge in [0.2, 0.25) is 0 Å². The fourth-order valence-electron chi connectivity index (χ4n) is 2.07. The standard InChI is InChI=1S/C14H24N4O/c1-10(2)7-11(9-18(3)4)17-14(19)12-5-6-16-8-13(12)15/h5-6,8,10-11H,7,9,15H2,1-4H3,(H,17,19). The molecule has 3 N–H and O–H groups in total. The number of nitrogens with two attached hydrogens (primary N) is 1. The Hall–Kier alpha value is -1.62. The van der Waals surface area contributed by atoms with E-state index in [-0.39, 0.29) is 11.9 Å². The molecule has 1 unspecified atom stereocenters. The Morgan fingerprint density at radius 3 is 2.68 bits per heavy atom. The Morgan fingerprint density at radius 1 is 1.47 bits per heavy atom. The summed E-state index contributed by atoms with van der Waals surface area (Å²) in [6.45, 7) is 5.11. The lowest BCUT2D eigenvalue weighted by Gasteiger charge is -2.24. The summed E-state index contributed by atoms with van der Waals surface area (Å²) in [6.07, 6.45) is 4.02. The molecule has 1 aromatic rings. The highest BCUT2D eigenvalue weighted by atomic mass is 16.1. The maximum absolute atomic E-state index is 12.2. The number of anilines is 1. The third-order valence-corrected chi connectivity index (χ3v) is 2.77. The molecule has 1 aromatic heterocycles. The lowest BCUT2D eigenvalue weighted by Crippen LogP contribution is -2.42. The zero-order valence-electron chi connectivity index (χ0n) is 12.2. The van der Waals surface area contributed by atoms with Gasteiger partial charge in [-0.15, -0.1) is 0 Å². The second-order valence-corrected chi connectivity index (χ2v) is 5.53. The van der Waals surface area contributed by atoms with Crippen LogP contribution in [0.15, 0.2) is 18.5 Å². The van der Waals surface area contributed by atoms with E-state index >= 15 is 0 Å². The fourth-order valence-corrected chi connectivity index (χ4v) is 2.07. The second kappa shape index (κ2) is 7.09. The zero-order chi connectivity index (χ0) is 14.4. The molecule has 5 nitrogen and oxygen atoms in total. The second-order valence-electron chi connectivity index (χ2n) is 5.53. The molecule has 0 aliphatic heterocycles. The average molecular weight is 264 g/mol. The molecule has 19 heavy (non-hydrogen) atoms. The van der Waals surface area contributed by atoms with Gasteiger partial charge in [-0.2, -0.15) is 0 Å². The van der Waals surface area contributed by atoms with Crippen molar-refractivity contribution in [1.29, 1.82) is 0 Å². The molecule has 0 spiro atoms. The number of nitrogen functional groups attached to an aromatic ring is 1. The Kier molecular flexibility index (Phi) is 5.76. The maximum atomic E-state index is 12.2. The van der Waals surface area contributed by atoms with E-state index in [0.29, 0.717) is 17.2 Å². The van der Waals surface area contributed by atoms with E-state index in [0.717, 1.165) is 13.0 Å². The molecule has 5 heteroatoms. The third-order valence-electron chi connectivity index (χ3n) is 2.77. The number of hydrogen-bond acceptors (Lipinski definition) is 4. The highest BCUT2D eigenvalue weighted by Crippen LogP contribution is 2.11. The van der Waals surface area contributed by atoms with E-state index in [4.69, 9.17) is 5.73 Å². The van der Waals surface area contributed by atoms with Gasteiger partial charge in [0.15, 0.2) is 0 Å². The molecule has 0 aromatic carbocycles. The van der Waals surface area contributed by atoms with Gasteiger partial charge in [-0.25, -0.2) is 0 Å². The number of amides is 1. The highest BCUT2D eigenvalue weighted by molar-refractivity contribution is 5.98. The summed E-state index contributed by atoms with van der Waals surface area (Å²) >= 11 is 0. The van der Waals surface area contributed by atoms with E-state index in [1.807, 2.05) is 14.1 Å². The Morgan fingerprint density at radius 2 is 2.16 bits per heavy atom. The number of likely N-dealkylation sites (N-methyl/N-ethyl adjacent to an activating group) is 1. The number of nitrogens with one attached hydrogen (secondary N) is 1. The van der Waals surface area contributed by atoms with Crippen LogP contribution in [0.4, 0.5) is 5.69 Å². The van der Waals surface area contributed by atoms with E-state index in [9.17, 15) is 4.79 Å². The highest BCUT2D eigenvalue weighted by Gasteiger charge is 2.17. The third kappa shape index (κ3) is 5.26. The van der Waals surface area contributed by atoms with E-state index in [1.165, 1.54) is 6.20 Å². The van der Waals surface area contributed by atoms with E-state index < -0.39 is 0 Å². The topological polar surface area (TPSA) is 71.2 Å². The minimum atomic E-state index is -0.132. The monoisotopic (exact) mass is 264 g/mol. The van der Waals surface area contributed by atoms with Gasteiger partial charge in [0, 0.05) is 18.8 Å². The van der Waals surface area contributed by atoms with Crippen molar-refractivity contribution in [2.24, 2.45) is 5.92 Å². The first-order chi connectivity index (χ1) is 8.90. The van der Waals surface area contributed by atoms with Crippen LogP contribution in [0.1, 0.15) is 30.6 Å². The average Bonchev–Trinajstić information content (AvgIpc) is 2.27. The molecular weight excluding hydrogens is 240 g/mol. The summed E-state index contributed by atoms with van der Waals surface area (Å²) in [6, 6.07) is 1.77. The number of pyridine rings is 1. The minimum Gasteiger partial charge on any atom is -0.397 e. The largest absolute Gasteiger partial charge is 0.397 e. The molecule has 1 amide bonds. The molecule has 1 heterocycles. The van der Waals surface area contributed by atoms with Crippen molar-refractivity contribution in [2.45, 2.75) is 26.3 Å². The molecule has 106 valence electrons. The van der Waals surface area contributed by atoms with Crippen LogP contribution >= 0.6 is 0 Å². The quantitative estimate of drug-likeness (QED) is 0.814. The van der Waals surface area contributed by atoms with Gasteiger partial charge >= 0.3 is 0 Å². The van der Waals surface area contributed by atoms with Gasteiger partial charge in [-0.3, -0.25) is 9.78 Å². The van der Waals surface area contributed by atoms with Gasteiger partial charge in [-0.05, 0) is 32.5 Å². The first-order valence-electron chi connectivity index (χ1n) is 6.55. The Balaban J connectivity index is 2.73. The summed E-state index contributed by atoms with van der Waals surface area (Å²) < 4.78 is 0. The van der Waals surface area contributed by atoms with Crippen molar-refractivity contribution >= 4 is 11.6 Å². The predicted octanol–water partition coefficient (Wildman–Crippen LogP) is 1.37. The molecule has 0 bridgehead atoms. The zero-order valence-corrected chi connectivity index (χ0v) is 12.2. The molecule has 0 fully saturated rings. The van der Waals surface area contributed by atoms with Crippen LogP contribution < -0.4 is 11.1 Å². The van der Waals surface area contributed by atoms with Crippen molar-refractivity contribution in [1.82, 2.24) is 15.2 Å². The first-order valence-corrected chi connectivity index (χ1v) is 6.55. The van der Waals surface area contributed by atoms with Crippen molar-refractivity contribution in [3.63, 3.8) is 0 Å². The van der Waals surface area contributed by atoms with Crippen LogP contribution in [0.3, 0.4) is 0 Å². The lowest BCUT2D eigenvalue weighted by atomic mass is 10.0. The molecule has 0 saturated carbocycles. The summed E-state index contributed by atoms with van der Waals surface area (Å²) in [7, 11) is 4.00. The van der Waals surface area contributed by atoms with Gasteiger partial charge in [-0.1, -0.05) is 13.8 Å². The normalized spacial score (nSPS) is 12.7. The fraction of sp³-hybridized carbons (Fsp3) is 0.571. The van der Waals surface area contributed by atoms with Crippen LogP contribution in [0.25, 0.3) is 0 Å². The van der Waals surface area contributed by atoms with Crippen LogP contribution in [0, 0.1) is 5.92 Å². The number of nitrogens with zero attached hydrogens (tertiary/aromatic N) is 2. The SMILES string of the molecule is CC(C)CC(CN(C)C)NC(=O)c1ccncc1N. The van der Waals surface area contributed by atoms with Crippen LogP contribution in [-0.2, 0) is 0 Å². The summed E-state index contributed by atoms with van der Waals surface area (Å²) in [5.41, 5.74) is 6.66. The maximum Gasteiger partial charge on any atom is 0.253 e. The van der Waals surface area contributed by atoms with Crippen molar-refractivity contribution in [3.8, 4) is 0 Å². The minimum absolute atomic E-state index is 0.120. The summed E-state index contributed by atoms with van der Waals surface area (Å²) in [5, 5.41) is 3.05. The predicted molar refractivity (Wildman–Crippen MR) is 77.9 cm³/mol. The summed E-state index contributed by atoms with van der Waals surface area (Å²) in [5.74, 6) is 0.396. The number of carbonyl (C=O) groups is 1. The first kappa shape index (κ1) is 15.4. The van der Waals surface area contributed by atoms with Gasteiger partial charge in [0.25, 0.3) is 5.91 Å². The molecule has 0 aliphatic rings. The molecule has 0 aliphatic carbocycles. The van der Waals surface area contributed by atoms with Crippen LogP contribution in [0.2, 0.25) is 0 Å². The molecule has 1 rings (SSSR count). The van der Waals surface area contributed by atoms with Crippen molar-refractivity contribution in [2.75, 3.05) is 26.4 Å². The molecule has 0 radical (unpaired) electrons. The van der Waals surface area contributed by atoms with Crippen molar-refractivity contribution < 1.29 is 4.79 Å². The van der Waals surface area contributed by atoms with Gasteiger partial charge in [0.1, 0.15) is 0 Å². The van der Waals surface area contributed by atoms with Gasteiger partial charge < -0.3 is 16.0 Å². The lowest BCUT2D eigenvalue weighted by molar-refractivity contribution is 0.0925. The van der Waals surface area contributed by atoms with Crippen molar-refractivity contribution in [3.05, 3.63) is 24.0 Å². The Labute approximate surface area is 115 Å². The van der Waals surface area contributed by atoms with E-state index in [1.54, 1.807) is 12.3 Å². The molecular formula is C14H24N4O. The molecule has 1 atom stereocenters. The van der Waals surface area contributed by atoms with E-state index in [2.05, 4.69) is 29.0 Å². The van der Waals surface area contributed by atoms with Crippen LogP contribution in [-0.4, -0.2) is 42.5 Å². The summed E-state index contributed by atoms with van der Waals surface area (Å²) in [4.78, 5) is 18.2. The van der Waals surface area contributed by atoms with Crippen LogP contribution in [0.5, 0.6) is 0 Å². The number of aromatic nitrogens is 1. The number of hydrogen-bond donors (Lipinski definition) is 2. The number of rotatable bonds is 6. The molecule has 0 saturated heterocycles. The smallest absolute Gasteiger partial charge is 0.253 e. The number of carbonyl (C=O) groups excluding carboxylic acids is 1. The Bertz CT molecular complexity index is 408. The van der Waals surface area contributed by atoms with Gasteiger partial charge in [0.05, 0.1) is 17.4 Å².